The Morgan fingerprint density at radius 3 is 2.85 bits per heavy atom. The molecule has 1 unspecified atom stereocenters. The van der Waals surface area contributed by atoms with Gasteiger partial charge < -0.3 is 14.5 Å². The Labute approximate surface area is 152 Å². The SMILES string of the molecule is CCC(OC(=O)c1ccc2ncoc2c1)C(=O)Nc1ccc(F)c(Cl)c1. The summed E-state index contributed by atoms with van der Waals surface area (Å²) in [7, 11) is 0. The fourth-order valence-corrected chi connectivity index (χ4v) is 2.48. The molecule has 0 aliphatic heterocycles. The van der Waals surface area contributed by atoms with Crippen molar-refractivity contribution in [2.24, 2.45) is 0 Å². The number of halogens is 2. The first-order valence-corrected chi connectivity index (χ1v) is 8.16. The van der Waals surface area contributed by atoms with Gasteiger partial charge in [0.05, 0.1) is 10.6 Å². The first kappa shape index (κ1) is 17.9. The highest BCUT2D eigenvalue weighted by Gasteiger charge is 2.22. The number of hydrogen-bond donors (Lipinski definition) is 1. The number of rotatable bonds is 5. The third kappa shape index (κ3) is 3.83. The highest BCUT2D eigenvalue weighted by atomic mass is 35.5. The molecule has 0 bridgehead atoms. The molecule has 3 aromatic rings. The van der Waals surface area contributed by atoms with Crippen molar-refractivity contribution in [3.63, 3.8) is 0 Å². The molecule has 0 fully saturated rings. The van der Waals surface area contributed by atoms with Crippen LogP contribution in [0.1, 0.15) is 23.7 Å². The maximum Gasteiger partial charge on any atom is 0.339 e. The van der Waals surface area contributed by atoms with Crippen LogP contribution in [-0.4, -0.2) is 23.0 Å². The number of esters is 1. The summed E-state index contributed by atoms with van der Waals surface area (Å²) in [6.45, 7) is 1.70. The summed E-state index contributed by atoms with van der Waals surface area (Å²) in [4.78, 5) is 28.6. The van der Waals surface area contributed by atoms with Gasteiger partial charge in [-0.05, 0) is 42.8 Å². The van der Waals surface area contributed by atoms with E-state index in [1.165, 1.54) is 30.7 Å². The zero-order valence-electron chi connectivity index (χ0n) is 13.7. The number of amides is 1. The van der Waals surface area contributed by atoms with Gasteiger partial charge in [-0.2, -0.15) is 0 Å². The molecule has 0 spiro atoms. The van der Waals surface area contributed by atoms with Crippen molar-refractivity contribution < 1.29 is 23.1 Å². The zero-order chi connectivity index (χ0) is 18.7. The van der Waals surface area contributed by atoms with Crippen LogP contribution in [0.15, 0.2) is 47.2 Å². The van der Waals surface area contributed by atoms with E-state index in [0.29, 0.717) is 16.8 Å². The lowest BCUT2D eigenvalue weighted by Crippen LogP contribution is -2.32. The lowest BCUT2D eigenvalue weighted by atomic mass is 10.2. The van der Waals surface area contributed by atoms with Crippen molar-refractivity contribution in [1.29, 1.82) is 0 Å². The van der Waals surface area contributed by atoms with Crippen molar-refractivity contribution in [2.45, 2.75) is 19.4 Å². The molecule has 1 amide bonds. The molecule has 134 valence electrons. The monoisotopic (exact) mass is 376 g/mol. The number of oxazole rings is 1. The van der Waals surface area contributed by atoms with Crippen molar-refractivity contribution in [2.75, 3.05) is 5.32 Å². The number of carbonyl (C=O) groups is 2. The van der Waals surface area contributed by atoms with Gasteiger partial charge in [0.2, 0.25) is 0 Å². The van der Waals surface area contributed by atoms with Crippen LogP contribution in [0.5, 0.6) is 0 Å². The highest BCUT2D eigenvalue weighted by Crippen LogP contribution is 2.20. The Bertz CT molecular complexity index is 973. The second-order valence-corrected chi connectivity index (χ2v) is 5.86. The van der Waals surface area contributed by atoms with Crippen LogP contribution in [0.3, 0.4) is 0 Å². The summed E-state index contributed by atoms with van der Waals surface area (Å²) < 4.78 is 23.6. The predicted molar refractivity (Wildman–Crippen MR) is 93.5 cm³/mol. The molecule has 0 aliphatic rings. The number of fused-ring (bicyclic) bond motifs is 1. The summed E-state index contributed by atoms with van der Waals surface area (Å²) in [5, 5.41) is 2.43. The van der Waals surface area contributed by atoms with E-state index >= 15 is 0 Å². The number of hydrogen-bond acceptors (Lipinski definition) is 5. The Hall–Kier alpha value is -2.93. The average Bonchev–Trinajstić information content (AvgIpc) is 3.10. The summed E-state index contributed by atoms with van der Waals surface area (Å²) >= 11 is 5.69. The molecule has 0 saturated heterocycles. The lowest BCUT2D eigenvalue weighted by Gasteiger charge is -2.16. The molecule has 3 rings (SSSR count). The number of nitrogens with zero attached hydrogens (tertiary/aromatic N) is 1. The number of ether oxygens (including phenoxy) is 1. The second kappa shape index (κ2) is 7.53. The lowest BCUT2D eigenvalue weighted by molar-refractivity contribution is -0.124. The minimum absolute atomic E-state index is 0.117. The summed E-state index contributed by atoms with van der Waals surface area (Å²) in [5.74, 6) is -1.79. The van der Waals surface area contributed by atoms with Crippen molar-refractivity contribution in [3.05, 3.63) is 59.2 Å². The molecule has 0 aliphatic carbocycles. The molecule has 26 heavy (non-hydrogen) atoms. The minimum atomic E-state index is -1.02. The summed E-state index contributed by atoms with van der Waals surface area (Å²) in [5.41, 5.74) is 1.60. The number of aromatic nitrogens is 1. The van der Waals surface area contributed by atoms with Crippen molar-refractivity contribution in [3.8, 4) is 0 Å². The Morgan fingerprint density at radius 1 is 1.31 bits per heavy atom. The minimum Gasteiger partial charge on any atom is -0.449 e. The molecule has 0 saturated carbocycles. The van der Waals surface area contributed by atoms with E-state index in [1.807, 2.05) is 0 Å². The van der Waals surface area contributed by atoms with E-state index in [2.05, 4.69) is 10.3 Å². The van der Waals surface area contributed by atoms with Gasteiger partial charge >= 0.3 is 5.97 Å². The molecule has 1 atom stereocenters. The molecule has 1 N–H and O–H groups in total. The summed E-state index contributed by atoms with van der Waals surface area (Å²) in [6.07, 6.45) is 0.518. The van der Waals surface area contributed by atoms with Gasteiger partial charge in [0.1, 0.15) is 11.3 Å². The molecule has 2 aromatic carbocycles. The number of carbonyl (C=O) groups excluding carboxylic acids is 2. The normalized spacial score (nSPS) is 12.0. The molecular weight excluding hydrogens is 363 g/mol. The topological polar surface area (TPSA) is 81.4 Å². The zero-order valence-corrected chi connectivity index (χ0v) is 14.4. The fourth-order valence-electron chi connectivity index (χ4n) is 2.30. The fraction of sp³-hybridized carbons (Fsp3) is 0.167. The van der Waals surface area contributed by atoms with Gasteiger partial charge in [0.15, 0.2) is 18.1 Å². The van der Waals surface area contributed by atoms with E-state index in [-0.39, 0.29) is 17.0 Å². The van der Waals surface area contributed by atoms with Crippen LogP contribution >= 0.6 is 11.6 Å². The number of anilines is 1. The van der Waals surface area contributed by atoms with Gasteiger partial charge in [-0.3, -0.25) is 4.79 Å². The smallest absolute Gasteiger partial charge is 0.339 e. The molecule has 0 radical (unpaired) electrons. The Kier molecular flexibility index (Phi) is 5.18. The molecule has 6 nitrogen and oxygen atoms in total. The second-order valence-electron chi connectivity index (χ2n) is 5.46. The van der Waals surface area contributed by atoms with Gasteiger partial charge in [-0.15, -0.1) is 0 Å². The first-order chi connectivity index (χ1) is 12.5. The number of nitrogens with one attached hydrogen (secondary N) is 1. The summed E-state index contributed by atoms with van der Waals surface area (Å²) in [6, 6.07) is 8.44. The predicted octanol–water partition coefficient (Wildman–Crippen LogP) is 4.19. The van der Waals surface area contributed by atoms with E-state index in [0.717, 1.165) is 6.07 Å². The van der Waals surface area contributed by atoms with Crippen molar-refractivity contribution >= 4 is 40.3 Å². The van der Waals surface area contributed by atoms with Crippen LogP contribution in [0.25, 0.3) is 11.1 Å². The van der Waals surface area contributed by atoms with Gasteiger partial charge in [0.25, 0.3) is 5.91 Å². The first-order valence-electron chi connectivity index (χ1n) is 7.78. The van der Waals surface area contributed by atoms with E-state index in [9.17, 15) is 14.0 Å². The maximum atomic E-state index is 13.2. The molecule has 1 heterocycles. The number of benzene rings is 2. The quantitative estimate of drug-likeness (QED) is 0.675. The third-order valence-corrected chi connectivity index (χ3v) is 3.96. The van der Waals surface area contributed by atoms with E-state index in [4.69, 9.17) is 20.8 Å². The maximum absolute atomic E-state index is 13.2. The van der Waals surface area contributed by atoms with E-state index < -0.39 is 23.8 Å². The average molecular weight is 377 g/mol. The van der Waals surface area contributed by atoms with Crippen LogP contribution in [-0.2, 0) is 9.53 Å². The van der Waals surface area contributed by atoms with Crippen LogP contribution in [0.4, 0.5) is 10.1 Å². The largest absolute Gasteiger partial charge is 0.449 e. The Balaban J connectivity index is 1.70. The van der Waals surface area contributed by atoms with Gasteiger partial charge in [-0.25, -0.2) is 14.2 Å². The van der Waals surface area contributed by atoms with Gasteiger partial charge in [-0.1, -0.05) is 18.5 Å². The molecule has 8 heteroatoms. The van der Waals surface area contributed by atoms with Crippen LogP contribution in [0, 0.1) is 5.82 Å². The Morgan fingerprint density at radius 2 is 2.12 bits per heavy atom. The van der Waals surface area contributed by atoms with E-state index in [1.54, 1.807) is 13.0 Å². The van der Waals surface area contributed by atoms with Crippen LogP contribution < -0.4 is 5.32 Å². The molecular formula is C18H14ClFN2O4. The standard InChI is InChI=1S/C18H14ClFN2O4/c1-2-15(17(23)22-11-4-5-13(20)12(19)8-11)26-18(24)10-3-6-14-16(7-10)25-9-21-14/h3-9,15H,2H2,1H3,(H,22,23). The van der Waals surface area contributed by atoms with Gasteiger partial charge in [0, 0.05) is 5.69 Å². The van der Waals surface area contributed by atoms with Crippen molar-refractivity contribution in [1.82, 2.24) is 4.98 Å². The highest BCUT2D eigenvalue weighted by molar-refractivity contribution is 6.31. The van der Waals surface area contributed by atoms with Crippen LogP contribution in [0.2, 0.25) is 5.02 Å². The molecule has 1 aromatic heterocycles. The third-order valence-electron chi connectivity index (χ3n) is 3.67.